The Morgan fingerprint density at radius 3 is 2.59 bits per heavy atom. The summed E-state index contributed by atoms with van der Waals surface area (Å²) in [5.41, 5.74) is 2.39. The normalized spacial score (nSPS) is 15.8. The summed E-state index contributed by atoms with van der Waals surface area (Å²) < 4.78 is 14.7. The molecular formula is C24H18FN5O2. The minimum absolute atomic E-state index is 0.139. The van der Waals surface area contributed by atoms with Crippen LogP contribution in [0.1, 0.15) is 21.6 Å². The van der Waals surface area contributed by atoms with E-state index in [4.69, 9.17) is 0 Å². The van der Waals surface area contributed by atoms with Gasteiger partial charge in [0.15, 0.2) is 0 Å². The molecule has 8 heteroatoms. The fraction of sp³-hybridized carbons (Fsp3) is 0.0833. The van der Waals surface area contributed by atoms with Crippen molar-refractivity contribution in [2.45, 2.75) is 6.17 Å². The van der Waals surface area contributed by atoms with Crippen molar-refractivity contribution in [3.63, 3.8) is 0 Å². The molecule has 1 aliphatic heterocycles. The number of H-pyrrole nitrogens is 1. The van der Waals surface area contributed by atoms with Crippen molar-refractivity contribution in [2.24, 2.45) is 4.99 Å². The number of anilines is 1. The van der Waals surface area contributed by atoms with Crippen LogP contribution in [0.25, 0.3) is 11.0 Å². The van der Waals surface area contributed by atoms with E-state index in [0.29, 0.717) is 16.9 Å². The molecule has 3 heterocycles. The second-order valence-electron chi connectivity index (χ2n) is 7.36. The van der Waals surface area contributed by atoms with Gasteiger partial charge in [0.05, 0.1) is 11.4 Å². The molecule has 1 aliphatic rings. The SMILES string of the molecule is CN1C(=O)C(NC(=O)c2ccc3cc[nH]c3n2)N=C(c2ccccc2F)c2ccccc21. The van der Waals surface area contributed by atoms with Crippen molar-refractivity contribution in [3.05, 3.63) is 95.6 Å². The van der Waals surface area contributed by atoms with E-state index < -0.39 is 23.8 Å². The number of nitrogens with zero attached hydrogens (tertiary/aromatic N) is 3. The molecule has 7 nitrogen and oxygen atoms in total. The lowest BCUT2D eigenvalue weighted by Crippen LogP contribution is -2.46. The Bertz CT molecular complexity index is 1390. The summed E-state index contributed by atoms with van der Waals surface area (Å²) in [6.07, 6.45) is 0.473. The fourth-order valence-electron chi connectivity index (χ4n) is 3.74. The van der Waals surface area contributed by atoms with Crippen molar-refractivity contribution >= 4 is 34.2 Å². The fourth-order valence-corrected chi connectivity index (χ4v) is 3.74. The van der Waals surface area contributed by atoms with E-state index in [9.17, 15) is 14.0 Å². The molecule has 2 aromatic heterocycles. The van der Waals surface area contributed by atoms with Gasteiger partial charge in [-0.2, -0.15) is 0 Å². The topological polar surface area (TPSA) is 90.5 Å². The van der Waals surface area contributed by atoms with Gasteiger partial charge in [0, 0.05) is 29.8 Å². The lowest BCUT2D eigenvalue weighted by molar-refractivity contribution is -0.119. The second kappa shape index (κ2) is 7.73. The smallest absolute Gasteiger partial charge is 0.272 e. The van der Waals surface area contributed by atoms with Crippen LogP contribution in [0.2, 0.25) is 0 Å². The summed E-state index contributed by atoms with van der Waals surface area (Å²) in [6, 6.07) is 18.5. The summed E-state index contributed by atoms with van der Waals surface area (Å²) in [4.78, 5) is 39.3. The number of fused-ring (bicyclic) bond motifs is 2. The third-order valence-electron chi connectivity index (χ3n) is 5.38. The van der Waals surface area contributed by atoms with Crippen molar-refractivity contribution in [1.29, 1.82) is 0 Å². The van der Waals surface area contributed by atoms with E-state index in [1.165, 1.54) is 11.0 Å². The van der Waals surface area contributed by atoms with Gasteiger partial charge in [-0.3, -0.25) is 9.59 Å². The first-order valence-electron chi connectivity index (χ1n) is 9.97. The number of carbonyl (C=O) groups excluding carboxylic acids is 2. The number of carbonyl (C=O) groups is 2. The Morgan fingerprint density at radius 2 is 1.78 bits per heavy atom. The minimum atomic E-state index is -1.25. The Balaban J connectivity index is 1.58. The summed E-state index contributed by atoms with van der Waals surface area (Å²) >= 11 is 0. The van der Waals surface area contributed by atoms with Crippen molar-refractivity contribution < 1.29 is 14.0 Å². The van der Waals surface area contributed by atoms with Gasteiger partial charge in [-0.05, 0) is 36.4 Å². The van der Waals surface area contributed by atoms with E-state index >= 15 is 0 Å². The van der Waals surface area contributed by atoms with E-state index in [1.807, 2.05) is 6.07 Å². The maximum absolute atomic E-state index is 14.7. The predicted octanol–water partition coefficient (Wildman–Crippen LogP) is 3.27. The summed E-state index contributed by atoms with van der Waals surface area (Å²) in [7, 11) is 1.60. The molecule has 1 unspecified atom stereocenters. The third kappa shape index (κ3) is 3.31. The number of hydrogen-bond acceptors (Lipinski definition) is 4. The molecule has 4 aromatic rings. The molecule has 0 aliphatic carbocycles. The van der Waals surface area contributed by atoms with Crippen LogP contribution in [0.15, 0.2) is 77.9 Å². The number of hydrogen-bond donors (Lipinski definition) is 2. The van der Waals surface area contributed by atoms with E-state index in [-0.39, 0.29) is 17.0 Å². The molecule has 32 heavy (non-hydrogen) atoms. The molecule has 158 valence electrons. The lowest BCUT2D eigenvalue weighted by atomic mass is 10.00. The van der Waals surface area contributed by atoms with Gasteiger partial charge in [-0.1, -0.05) is 30.3 Å². The van der Waals surface area contributed by atoms with Crippen molar-refractivity contribution in [2.75, 3.05) is 11.9 Å². The standard InChI is InChI=1S/C24H18FN5O2/c1-30-19-9-5-3-7-16(19)20(15-6-2-4-8-17(15)25)28-22(24(30)32)29-23(31)18-11-10-14-12-13-26-21(14)27-18/h2-13,22H,1H3,(H,26,27)(H,29,31). The maximum Gasteiger partial charge on any atom is 0.272 e. The Kier molecular flexibility index (Phi) is 4.74. The zero-order valence-electron chi connectivity index (χ0n) is 17.0. The Labute approximate surface area is 182 Å². The van der Waals surface area contributed by atoms with Crippen LogP contribution in [-0.4, -0.2) is 40.7 Å². The van der Waals surface area contributed by atoms with Gasteiger partial charge < -0.3 is 15.2 Å². The third-order valence-corrected chi connectivity index (χ3v) is 5.38. The Morgan fingerprint density at radius 1 is 1.03 bits per heavy atom. The van der Waals surface area contributed by atoms with Gasteiger partial charge in [0.2, 0.25) is 6.17 Å². The first kappa shape index (κ1) is 19.6. The predicted molar refractivity (Wildman–Crippen MR) is 119 cm³/mol. The number of benzene rings is 2. The van der Waals surface area contributed by atoms with E-state index in [0.717, 1.165) is 5.39 Å². The monoisotopic (exact) mass is 427 g/mol. The number of aromatic nitrogens is 2. The average Bonchev–Trinajstić information content (AvgIpc) is 3.26. The summed E-state index contributed by atoms with van der Waals surface area (Å²) in [5, 5.41) is 3.51. The molecule has 0 saturated carbocycles. The number of amides is 2. The van der Waals surface area contributed by atoms with Crippen molar-refractivity contribution in [3.8, 4) is 0 Å². The maximum atomic E-state index is 14.7. The molecule has 0 radical (unpaired) electrons. The average molecular weight is 427 g/mol. The number of benzodiazepines with no additional fused rings is 1. The molecule has 0 fully saturated rings. The van der Waals surface area contributed by atoms with E-state index in [2.05, 4.69) is 20.3 Å². The van der Waals surface area contributed by atoms with Gasteiger partial charge in [0.1, 0.15) is 17.2 Å². The highest BCUT2D eigenvalue weighted by Gasteiger charge is 2.32. The number of likely N-dealkylation sites (N-methyl/N-ethyl adjacent to an activating group) is 1. The number of nitrogens with one attached hydrogen (secondary N) is 2. The Hall–Kier alpha value is -4.33. The molecule has 0 bridgehead atoms. The van der Waals surface area contributed by atoms with Gasteiger partial charge in [0.25, 0.3) is 11.8 Å². The summed E-state index contributed by atoms with van der Waals surface area (Å²) in [6.45, 7) is 0. The zero-order chi connectivity index (χ0) is 22.2. The highest BCUT2D eigenvalue weighted by molar-refractivity contribution is 6.20. The van der Waals surface area contributed by atoms with Crippen LogP contribution in [0, 0.1) is 5.82 Å². The van der Waals surface area contributed by atoms with Gasteiger partial charge >= 0.3 is 0 Å². The van der Waals surface area contributed by atoms with Crippen LogP contribution < -0.4 is 10.2 Å². The molecule has 0 spiro atoms. The van der Waals surface area contributed by atoms with Gasteiger partial charge in [-0.15, -0.1) is 0 Å². The number of rotatable bonds is 3. The van der Waals surface area contributed by atoms with Gasteiger partial charge in [-0.25, -0.2) is 14.4 Å². The molecule has 1 atom stereocenters. The number of pyridine rings is 1. The second-order valence-corrected chi connectivity index (χ2v) is 7.36. The number of aromatic amines is 1. The minimum Gasteiger partial charge on any atom is -0.346 e. The quantitative estimate of drug-likeness (QED) is 0.526. The van der Waals surface area contributed by atoms with Crippen LogP contribution in [-0.2, 0) is 4.79 Å². The summed E-state index contributed by atoms with van der Waals surface area (Å²) in [5.74, 6) is -1.48. The number of aliphatic imine (C=N–C) groups is 1. The number of halogens is 1. The van der Waals surface area contributed by atoms with Crippen LogP contribution in [0.5, 0.6) is 0 Å². The molecule has 5 rings (SSSR count). The first-order chi connectivity index (χ1) is 15.5. The number of para-hydroxylation sites is 1. The molecule has 2 aromatic carbocycles. The molecule has 2 N–H and O–H groups in total. The van der Waals surface area contributed by atoms with Crippen LogP contribution >= 0.6 is 0 Å². The molecular weight excluding hydrogens is 409 g/mol. The van der Waals surface area contributed by atoms with Crippen LogP contribution in [0.4, 0.5) is 10.1 Å². The largest absolute Gasteiger partial charge is 0.346 e. The van der Waals surface area contributed by atoms with E-state index in [1.54, 1.807) is 67.8 Å². The van der Waals surface area contributed by atoms with Crippen molar-refractivity contribution in [1.82, 2.24) is 15.3 Å². The lowest BCUT2D eigenvalue weighted by Gasteiger charge is -2.20. The van der Waals surface area contributed by atoms with Crippen LogP contribution in [0.3, 0.4) is 0 Å². The molecule has 0 saturated heterocycles. The first-order valence-corrected chi connectivity index (χ1v) is 9.97. The zero-order valence-corrected chi connectivity index (χ0v) is 17.0. The highest BCUT2D eigenvalue weighted by atomic mass is 19.1. The molecule has 2 amide bonds. The highest BCUT2D eigenvalue weighted by Crippen LogP contribution is 2.28.